The zero-order chi connectivity index (χ0) is 17.3. The maximum Gasteiger partial charge on any atom is 0.220 e. The summed E-state index contributed by atoms with van der Waals surface area (Å²) in [5.41, 5.74) is 2.44. The van der Waals surface area contributed by atoms with Crippen LogP contribution in [-0.2, 0) is 20.7 Å². The van der Waals surface area contributed by atoms with Crippen molar-refractivity contribution in [3.8, 4) is 0 Å². The van der Waals surface area contributed by atoms with Crippen molar-refractivity contribution in [3.05, 3.63) is 36.0 Å². The standard InChI is InChI=1S/C20H28N2O3/c23-20(21-10-4-11-24-14-16-9-12-25-15-16)8-3-5-17-13-22-19-7-2-1-6-18(17)19/h1-2,6-7,13,16,22H,3-5,8-12,14-15H2,(H,21,23). The third kappa shape index (κ3) is 5.58. The van der Waals surface area contributed by atoms with Crippen LogP contribution in [0.15, 0.2) is 30.5 Å². The third-order valence-corrected chi connectivity index (χ3v) is 4.69. The number of aromatic nitrogens is 1. The molecule has 1 unspecified atom stereocenters. The fourth-order valence-corrected chi connectivity index (χ4v) is 3.23. The highest BCUT2D eigenvalue weighted by atomic mass is 16.5. The smallest absolute Gasteiger partial charge is 0.220 e. The van der Waals surface area contributed by atoms with Gasteiger partial charge in [-0.1, -0.05) is 18.2 Å². The maximum absolute atomic E-state index is 11.9. The number of amides is 1. The van der Waals surface area contributed by atoms with E-state index in [-0.39, 0.29) is 5.91 Å². The number of fused-ring (bicyclic) bond motifs is 1. The Morgan fingerprint density at radius 1 is 1.32 bits per heavy atom. The predicted octanol–water partition coefficient (Wildman–Crippen LogP) is 3.05. The minimum Gasteiger partial charge on any atom is -0.381 e. The Morgan fingerprint density at radius 3 is 3.12 bits per heavy atom. The topological polar surface area (TPSA) is 63.4 Å². The summed E-state index contributed by atoms with van der Waals surface area (Å²) >= 11 is 0. The summed E-state index contributed by atoms with van der Waals surface area (Å²) in [4.78, 5) is 15.2. The molecule has 0 bridgehead atoms. The first-order valence-electron chi connectivity index (χ1n) is 9.30. The summed E-state index contributed by atoms with van der Waals surface area (Å²) in [5.74, 6) is 0.683. The van der Waals surface area contributed by atoms with E-state index in [9.17, 15) is 4.79 Å². The van der Waals surface area contributed by atoms with E-state index < -0.39 is 0 Å². The number of aromatic amines is 1. The molecule has 1 fully saturated rings. The van der Waals surface area contributed by atoms with Gasteiger partial charge in [-0.15, -0.1) is 0 Å². The van der Waals surface area contributed by atoms with Gasteiger partial charge in [0.1, 0.15) is 0 Å². The number of carbonyl (C=O) groups is 1. The summed E-state index contributed by atoms with van der Waals surface area (Å²) < 4.78 is 11.0. The number of hydrogen-bond acceptors (Lipinski definition) is 3. The molecule has 1 atom stereocenters. The van der Waals surface area contributed by atoms with E-state index in [0.29, 0.717) is 25.5 Å². The molecule has 0 saturated carbocycles. The Morgan fingerprint density at radius 2 is 2.24 bits per heavy atom. The van der Waals surface area contributed by atoms with Gasteiger partial charge in [0.2, 0.25) is 5.91 Å². The number of hydrogen-bond donors (Lipinski definition) is 2. The zero-order valence-corrected chi connectivity index (χ0v) is 14.8. The summed E-state index contributed by atoms with van der Waals surface area (Å²) in [5, 5.41) is 4.23. The number of benzene rings is 1. The molecule has 0 spiro atoms. The van der Waals surface area contributed by atoms with Gasteiger partial charge in [-0.25, -0.2) is 0 Å². The molecule has 2 aromatic rings. The molecule has 5 nitrogen and oxygen atoms in total. The molecular formula is C20H28N2O3. The Labute approximate surface area is 149 Å². The average molecular weight is 344 g/mol. The number of carbonyl (C=O) groups excluding carboxylic acids is 1. The molecule has 3 rings (SSSR count). The number of aryl methyl sites for hydroxylation is 1. The van der Waals surface area contributed by atoms with Crippen molar-refractivity contribution in [1.29, 1.82) is 0 Å². The Kier molecular flexibility index (Phi) is 6.89. The second-order valence-electron chi connectivity index (χ2n) is 6.72. The monoisotopic (exact) mass is 344 g/mol. The van der Waals surface area contributed by atoms with Gasteiger partial charge in [-0.3, -0.25) is 4.79 Å². The SMILES string of the molecule is O=C(CCCc1c[nH]c2ccccc12)NCCCOCC1CCOC1. The van der Waals surface area contributed by atoms with Gasteiger partial charge in [0, 0.05) is 49.2 Å². The van der Waals surface area contributed by atoms with E-state index in [1.807, 2.05) is 12.1 Å². The fourth-order valence-electron chi connectivity index (χ4n) is 3.23. The zero-order valence-electron chi connectivity index (χ0n) is 14.8. The first-order valence-corrected chi connectivity index (χ1v) is 9.30. The molecule has 1 aliphatic heterocycles. The highest BCUT2D eigenvalue weighted by Crippen LogP contribution is 2.19. The second kappa shape index (κ2) is 9.59. The first-order chi connectivity index (χ1) is 12.3. The lowest BCUT2D eigenvalue weighted by atomic mass is 10.1. The van der Waals surface area contributed by atoms with Gasteiger partial charge in [-0.05, 0) is 37.3 Å². The molecule has 0 aliphatic carbocycles. The fraction of sp³-hybridized carbons (Fsp3) is 0.550. The lowest BCUT2D eigenvalue weighted by Crippen LogP contribution is -2.25. The minimum atomic E-state index is 0.129. The lowest BCUT2D eigenvalue weighted by molar-refractivity contribution is -0.121. The van der Waals surface area contributed by atoms with E-state index in [0.717, 1.165) is 51.0 Å². The molecule has 2 N–H and O–H groups in total. The van der Waals surface area contributed by atoms with Crippen LogP contribution in [0.3, 0.4) is 0 Å². The van der Waals surface area contributed by atoms with Crippen molar-refractivity contribution >= 4 is 16.8 Å². The van der Waals surface area contributed by atoms with Crippen molar-refractivity contribution in [1.82, 2.24) is 10.3 Å². The number of para-hydroxylation sites is 1. The van der Waals surface area contributed by atoms with Crippen molar-refractivity contribution in [2.45, 2.75) is 32.1 Å². The van der Waals surface area contributed by atoms with Gasteiger partial charge >= 0.3 is 0 Å². The number of ether oxygens (including phenoxy) is 2. The summed E-state index contributed by atoms with van der Waals surface area (Å²) in [7, 11) is 0. The van der Waals surface area contributed by atoms with Crippen LogP contribution >= 0.6 is 0 Å². The van der Waals surface area contributed by atoms with Gasteiger partial charge in [-0.2, -0.15) is 0 Å². The van der Waals surface area contributed by atoms with Crippen LogP contribution in [0.1, 0.15) is 31.2 Å². The maximum atomic E-state index is 11.9. The molecule has 0 radical (unpaired) electrons. The number of nitrogens with one attached hydrogen (secondary N) is 2. The van der Waals surface area contributed by atoms with Crippen molar-refractivity contribution in [2.75, 3.05) is 33.0 Å². The molecule has 1 aromatic heterocycles. The quantitative estimate of drug-likeness (QED) is 0.651. The van der Waals surface area contributed by atoms with Gasteiger partial charge in [0.05, 0.1) is 13.2 Å². The largest absolute Gasteiger partial charge is 0.381 e. The van der Waals surface area contributed by atoms with Crippen LogP contribution in [0.2, 0.25) is 0 Å². The molecule has 5 heteroatoms. The van der Waals surface area contributed by atoms with Crippen LogP contribution in [0, 0.1) is 5.92 Å². The van der Waals surface area contributed by atoms with Gasteiger partial charge in [0.25, 0.3) is 0 Å². The molecule has 1 aliphatic rings. The van der Waals surface area contributed by atoms with Crippen LogP contribution in [-0.4, -0.2) is 43.9 Å². The summed E-state index contributed by atoms with van der Waals surface area (Å²) in [6.45, 7) is 3.85. The highest BCUT2D eigenvalue weighted by molar-refractivity contribution is 5.83. The van der Waals surface area contributed by atoms with Crippen LogP contribution in [0.5, 0.6) is 0 Å². The van der Waals surface area contributed by atoms with E-state index >= 15 is 0 Å². The molecule has 1 amide bonds. The van der Waals surface area contributed by atoms with E-state index in [4.69, 9.17) is 9.47 Å². The first kappa shape index (κ1) is 18.0. The van der Waals surface area contributed by atoms with E-state index in [2.05, 4.69) is 28.6 Å². The summed E-state index contributed by atoms with van der Waals surface area (Å²) in [6.07, 6.45) is 6.37. The Bertz CT molecular complexity index is 662. The van der Waals surface area contributed by atoms with Crippen LogP contribution in [0.25, 0.3) is 10.9 Å². The van der Waals surface area contributed by atoms with Crippen LogP contribution in [0.4, 0.5) is 0 Å². The van der Waals surface area contributed by atoms with Crippen LogP contribution < -0.4 is 5.32 Å². The minimum absolute atomic E-state index is 0.129. The third-order valence-electron chi connectivity index (χ3n) is 4.69. The van der Waals surface area contributed by atoms with E-state index in [1.165, 1.54) is 10.9 Å². The second-order valence-corrected chi connectivity index (χ2v) is 6.72. The molecule has 136 valence electrons. The van der Waals surface area contributed by atoms with Crippen molar-refractivity contribution < 1.29 is 14.3 Å². The Hall–Kier alpha value is -1.85. The normalized spacial score (nSPS) is 17.2. The summed E-state index contributed by atoms with van der Waals surface area (Å²) in [6, 6.07) is 8.28. The van der Waals surface area contributed by atoms with E-state index in [1.54, 1.807) is 0 Å². The highest BCUT2D eigenvalue weighted by Gasteiger charge is 2.15. The number of rotatable bonds is 10. The molecular weight excluding hydrogens is 316 g/mol. The predicted molar refractivity (Wildman–Crippen MR) is 98.6 cm³/mol. The lowest BCUT2D eigenvalue weighted by Gasteiger charge is -2.09. The van der Waals surface area contributed by atoms with Crippen molar-refractivity contribution in [3.63, 3.8) is 0 Å². The van der Waals surface area contributed by atoms with Gasteiger partial charge in [0.15, 0.2) is 0 Å². The number of H-pyrrole nitrogens is 1. The van der Waals surface area contributed by atoms with Crippen molar-refractivity contribution in [2.24, 2.45) is 5.92 Å². The Balaban J connectivity index is 1.23. The van der Waals surface area contributed by atoms with Gasteiger partial charge < -0.3 is 19.8 Å². The molecule has 1 saturated heterocycles. The molecule has 2 heterocycles. The molecule has 25 heavy (non-hydrogen) atoms. The average Bonchev–Trinajstić information content (AvgIpc) is 3.28. The molecule has 1 aromatic carbocycles.